The predicted molar refractivity (Wildman–Crippen MR) is 84.8 cm³/mol. The molecule has 0 spiro atoms. The Morgan fingerprint density at radius 3 is 2.62 bits per heavy atom. The Balaban J connectivity index is 2.24. The number of hydrogen-bond acceptors (Lipinski definition) is 3. The van der Waals surface area contributed by atoms with Crippen molar-refractivity contribution in [1.82, 2.24) is 14.2 Å². The number of nitrogens with one attached hydrogen (secondary N) is 1. The molecule has 6 heteroatoms. The van der Waals surface area contributed by atoms with Gasteiger partial charge in [-0.15, -0.1) is 0 Å². The van der Waals surface area contributed by atoms with Crippen LogP contribution in [0.1, 0.15) is 51.8 Å². The van der Waals surface area contributed by atoms with Crippen molar-refractivity contribution in [1.29, 1.82) is 0 Å². The Morgan fingerprint density at radius 1 is 1.43 bits per heavy atom. The lowest BCUT2D eigenvalue weighted by Gasteiger charge is -2.15. The summed E-state index contributed by atoms with van der Waals surface area (Å²) in [6, 6.07) is 2.68. The lowest BCUT2D eigenvalue weighted by atomic mass is 10.3. The molecule has 1 aliphatic rings. The van der Waals surface area contributed by atoms with Crippen LogP contribution >= 0.6 is 0 Å². The van der Waals surface area contributed by atoms with E-state index in [0.29, 0.717) is 17.5 Å². The molecule has 1 aromatic rings. The third-order valence-corrected chi connectivity index (χ3v) is 5.68. The van der Waals surface area contributed by atoms with Gasteiger partial charge in [-0.3, -0.25) is 0 Å². The lowest BCUT2D eigenvalue weighted by Crippen LogP contribution is -2.27. The first-order valence-corrected chi connectivity index (χ1v) is 9.20. The van der Waals surface area contributed by atoms with Gasteiger partial charge >= 0.3 is 0 Å². The maximum absolute atomic E-state index is 12.6. The maximum Gasteiger partial charge on any atom is 0.244 e. The predicted octanol–water partition coefficient (Wildman–Crippen LogP) is 2.35. The van der Waals surface area contributed by atoms with Crippen molar-refractivity contribution in [2.45, 2.75) is 63.6 Å². The number of sulfonamides is 1. The zero-order chi connectivity index (χ0) is 15.6. The number of hydrogen-bond donors (Lipinski definition) is 1. The Labute approximate surface area is 128 Å². The second-order valence-electron chi connectivity index (χ2n) is 6.15. The third kappa shape index (κ3) is 3.87. The van der Waals surface area contributed by atoms with Gasteiger partial charge in [0.05, 0.1) is 0 Å². The smallest absolute Gasteiger partial charge is 0.244 e. The largest absolute Gasteiger partial charge is 0.346 e. The molecule has 120 valence electrons. The van der Waals surface area contributed by atoms with Gasteiger partial charge in [-0.2, -0.15) is 0 Å². The molecule has 0 atom stereocenters. The molecular weight excluding hydrogens is 286 g/mol. The van der Waals surface area contributed by atoms with Gasteiger partial charge in [0, 0.05) is 44.1 Å². The molecule has 1 saturated carbocycles. The van der Waals surface area contributed by atoms with Crippen molar-refractivity contribution in [3.05, 3.63) is 18.0 Å². The van der Waals surface area contributed by atoms with E-state index in [4.69, 9.17) is 0 Å². The fraction of sp³-hybridized carbons (Fsp3) is 0.733. The summed E-state index contributed by atoms with van der Waals surface area (Å²) in [4.78, 5) is 0.403. The first-order valence-electron chi connectivity index (χ1n) is 7.76. The summed E-state index contributed by atoms with van der Waals surface area (Å²) in [6.07, 6.45) is 5.05. The van der Waals surface area contributed by atoms with Gasteiger partial charge in [-0.05, 0) is 39.2 Å². The highest BCUT2D eigenvalue weighted by molar-refractivity contribution is 7.89. The molecule has 0 aliphatic heterocycles. The van der Waals surface area contributed by atoms with Crippen LogP contribution in [-0.2, 0) is 16.6 Å². The summed E-state index contributed by atoms with van der Waals surface area (Å²) in [5.74, 6) is 0. The molecule has 0 bridgehead atoms. The van der Waals surface area contributed by atoms with E-state index in [0.717, 1.165) is 18.7 Å². The van der Waals surface area contributed by atoms with Gasteiger partial charge in [0.2, 0.25) is 10.0 Å². The Kier molecular flexibility index (Phi) is 5.11. The summed E-state index contributed by atoms with van der Waals surface area (Å²) >= 11 is 0. The van der Waals surface area contributed by atoms with Gasteiger partial charge in [-0.25, -0.2) is 12.7 Å². The fourth-order valence-electron chi connectivity index (χ4n) is 2.41. The van der Waals surface area contributed by atoms with Crippen molar-refractivity contribution in [3.63, 3.8) is 0 Å². The topological polar surface area (TPSA) is 54.3 Å². The monoisotopic (exact) mass is 313 g/mol. The van der Waals surface area contributed by atoms with Gasteiger partial charge in [0.25, 0.3) is 0 Å². The van der Waals surface area contributed by atoms with Crippen LogP contribution in [-0.4, -0.2) is 36.9 Å². The molecule has 0 unspecified atom stereocenters. The molecule has 0 radical (unpaired) electrons. The Hall–Kier alpha value is -0.850. The average Bonchev–Trinajstić information content (AvgIpc) is 3.13. The maximum atomic E-state index is 12.6. The van der Waals surface area contributed by atoms with Crippen molar-refractivity contribution in [3.8, 4) is 0 Å². The van der Waals surface area contributed by atoms with E-state index in [1.54, 1.807) is 13.2 Å². The zero-order valence-electron chi connectivity index (χ0n) is 13.5. The number of rotatable bonds is 8. The minimum atomic E-state index is -3.37. The van der Waals surface area contributed by atoms with Crippen LogP contribution < -0.4 is 5.32 Å². The number of nitrogens with zero attached hydrogens (tertiary/aromatic N) is 2. The average molecular weight is 313 g/mol. The molecular formula is C15H27N3O2S. The van der Waals surface area contributed by atoms with Crippen LogP contribution in [0.5, 0.6) is 0 Å². The van der Waals surface area contributed by atoms with E-state index < -0.39 is 10.0 Å². The summed E-state index contributed by atoms with van der Waals surface area (Å²) in [6.45, 7) is 7.41. The molecule has 2 rings (SSSR count). The molecule has 1 N–H and O–H groups in total. The van der Waals surface area contributed by atoms with Crippen LogP contribution in [0.25, 0.3) is 0 Å². The van der Waals surface area contributed by atoms with Gasteiger partial charge in [0.15, 0.2) is 0 Å². The molecule has 1 heterocycles. The van der Waals surface area contributed by atoms with E-state index in [1.165, 1.54) is 17.1 Å². The quantitative estimate of drug-likeness (QED) is 0.801. The molecule has 0 saturated heterocycles. The first kappa shape index (κ1) is 16.5. The fourth-order valence-corrected chi connectivity index (χ4v) is 3.73. The minimum Gasteiger partial charge on any atom is -0.346 e. The summed E-state index contributed by atoms with van der Waals surface area (Å²) < 4.78 is 28.6. The van der Waals surface area contributed by atoms with Crippen LogP contribution in [0, 0.1) is 0 Å². The standard InChI is InChI=1S/C15H27N3O2S/c1-5-8-17(4)21(19,20)15-9-14(10-16-13-6-7-13)18(11-15)12(2)3/h9,11-13,16H,5-8,10H2,1-4H3. The van der Waals surface area contributed by atoms with Crippen LogP contribution in [0.15, 0.2) is 17.2 Å². The molecule has 1 aliphatic carbocycles. The first-order chi connectivity index (χ1) is 9.86. The van der Waals surface area contributed by atoms with E-state index >= 15 is 0 Å². The molecule has 1 fully saturated rings. The normalized spacial score (nSPS) is 16.1. The van der Waals surface area contributed by atoms with Crippen molar-refractivity contribution in [2.24, 2.45) is 0 Å². The SMILES string of the molecule is CCCN(C)S(=O)(=O)c1cc(CNC2CC2)n(C(C)C)c1. The zero-order valence-corrected chi connectivity index (χ0v) is 14.3. The van der Waals surface area contributed by atoms with E-state index in [1.807, 2.05) is 13.0 Å². The molecule has 21 heavy (non-hydrogen) atoms. The van der Waals surface area contributed by atoms with Gasteiger partial charge in [0.1, 0.15) is 4.90 Å². The highest BCUT2D eigenvalue weighted by atomic mass is 32.2. The third-order valence-electron chi connectivity index (χ3n) is 3.86. The van der Waals surface area contributed by atoms with E-state index in [-0.39, 0.29) is 6.04 Å². The second kappa shape index (κ2) is 6.50. The highest BCUT2D eigenvalue weighted by Crippen LogP contribution is 2.24. The summed E-state index contributed by atoms with van der Waals surface area (Å²) in [7, 11) is -1.73. The van der Waals surface area contributed by atoms with Crippen LogP contribution in [0.2, 0.25) is 0 Å². The second-order valence-corrected chi connectivity index (χ2v) is 8.19. The minimum absolute atomic E-state index is 0.251. The number of aromatic nitrogens is 1. The lowest BCUT2D eigenvalue weighted by molar-refractivity contribution is 0.468. The molecule has 0 amide bonds. The van der Waals surface area contributed by atoms with Crippen molar-refractivity contribution in [2.75, 3.05) is 13.6 Å². The summed E-state index contributed by atoms with van der Waals surface area (Å²) in [5, 5.41) is 3.46. The van der Waals surface area contributed by atoms with Crippen LogP contribution in [0.3, 0.4) is 0 Å². The van der Waals surface area contributed by atoms with E-state index in [9.17, 15) is 8.42 Å². The van der Waals surface area contributed by atoms with Crippen LogP contribution in [0.4, 0.5) is 0 Å². The molecule has 0 aromatic carbocycles. The van der Waals surface area contributed by atoms with Gasteiger partial charge in [-0.1, -0.05) is 6.92 Å². The van der Waals surface area contributed by atoms with Crippen molar-refractivity contribution >= 4 is 10.0 Å². The van der Waals surface area contributed by atoms with Gasteiger partial charge < -0.3 is 9.88 Å². The highest BCUT2D eigenvalue weighted by Gasteiger charge is 2.25. The molecule has 5 nitrogen and oxygen atoms in total. The van der Waals surface area contributed by atoms with Crippen molar-refractivity contribution < 1.29 is 8.42 Å². The summed E-state index contributed by atoms with van der Waals surface area (Å²) in [5.41, 5.74) is 1.04. The Morgan fingerprint density at radius 2 is 2.10 bits per heavy atom. The molecule has 1 aromatic heterocycles. The van der Waals surface area contributed by atoms with E-state index in [2.05, 4.69) is 23.7 Å². The Bertz CT molecular complexity index is 574.